The van der Waals surface area contributed by atoms with Gasteiger partial charge in [-0.15, -0.1) is 0 Å². The minimum atomic E-state index is -0.0725. The molecule has 4 heteroatoms. The van der Waals surface area contributed by atoms with Crippen LogP contribution in [0.3, 0.4) is 0 Å². The Bertz CT molecular complexity index is 246. The average Bonchev–Trinajstić information content (AvgIpc) is 2.34. The molecule has 2 unspecified atom stereocenters. The Morgan fingerprint density at radius 2 is 2.17 bits per heavy atom. The largest absolute Gasteiger partial charge is 0.466 e. The van der Waals surface area contributed by atoms with Crippen molar-refractivity contribution in [1.29, 1.82) is 0 Å². The molecule has 1 fully saturated rings. The minimum absolute atomic E-state index is 0.0725. The summed E-state index contributed by atoms with van der Waals surface area (Å²) in [4.78, 5) is 13.8. The number of likely N-dealkylation sites (tertiary alicyclic amines) is 1. The molecule has 1 rings (SSSR count). The smallest absolute Gasteiger partial charge is 0.305 e. The van der Waals surface area contributed by atoms with Crippen molar-refractivity contribution in [2.75, 3.05) is 26.2 Å². The second-order valence-electron chi connectivity index (χ2n) is 5.32. The molecular weight excluding hydrogens is 228 g/mol. The van der Waals surface area contributed by atoms with E-state index < -0.39 is 0 Å². The number of carbonyl (C=O) groups excluding carboxylic acids is 1. The zero-order valence-electron chi connectivity index (χ0n) is 11.9. The topological polar surface area (TPSA) is 55.6 Å². The lowest BCUT2D eigenvalue weighted by atomic mass is 9.90. The van der Waals surface area contributed by atoms with E-state index in [4.69, 9.17) is 10.5 Å². The SMILES string of the molecule is CCCCN1CC(N)CC(CCC(=O)OCC)C1. The molecule has 0 saturated carbocycles. The van der Waals surface area contributed by atoms with Gasteiger partial charge in [0.05, 0.1) is 6.61 Å². The molecule has 0 aromatic rings. The first-order valence-electron chi connectivity index (χ1n) is 7.29. The first-order valence-corrected chi connectivity index (χ1v) is 7.29. The molecule has 0 radical (unpaired) electrons. The maximum absolute atomic E-state index is 11.4. The zero-order chi connectivity index (χ0) is 13.4. The van der Waals surface area contributed by atoms with Gasteiger partial charge in [0.25, 0.3) is 0 Å². The molecule has 1 heterocycles. The highest BCUT2D eigenvalue weighted by atomic mass is 16.5. The molecule has 1 aliphatic heterocycles. The summed E-state index contributed by atoms with van der Waals surface area (Å²) >= 11 is 0. The van der Waals surface area contributed by atoms with Crippen molar-refractivity contribution in [1.82, 2.24) is 4.90 Å². The Morgan fingerprint density at radius 1 is 1.39 bits per heavy atom. The van der Waals surface area contributed by atoms with Gasteiger partial charge in [-0.2, -0.15) is 0 Å². The first-order chi connectivity index (χ1) is 8.65. The van der Waals surface area contributed by atoms with Gasteiger partial charge in [0.15, 0.2) is 0 Å². The maximum Gasteiger partial charge on any atom is 0.305 e. The highest BCUT2D eigenvalue weighted by Gasteiger charge is 2.25. The summed E-state index contributed by atoms with van der Waals surface area (Å²) in [5, 5.41) is 0. The van der Waals surface area contributed by atoms with Gasteiger partial charge in [0.1, 0.15) is 0 Å². The fraction of sp³-hybridized carbons (Fsp3) is 0.929. The molecular formula is C14H28N2O2. The summed E-state index contributed by atoms with van der Waals surface area (Å²) in [6.07, 6.45) is 4.95. The second-order valence-corrected chi connectivity index (χ2v) is 5.32. The molecule has 0 aromatic heterocycles. The van der Waals surface area contributed by atoms with Crippen LogP contribution in [0.25, 0.3) is 0 Å². The van der Waals surface area contributed by atoms with E-state index in [1.807, 2.05) is 6.92 Å². The van der Waals surface area contributed by atoms with Crippen molar-refractivity contribution in [2.45, 2.75) is 52.0 Å². The summed E-state index contributed by atoms with van der Waals surface area (Å²) < 4.78 is 4.97. The third-order valence-electron chi connectivity index (χ3n) is 3.54. The summed E-state index contributed by atoms with van der Waals surface area (Å²) in [7, 11) is 0. The number of carbonyl (C=O) groups is 1. The van der Waals surface area contributed by atoms with E-state index in [0.29, 0.717) is 18.9 Å². The number of nitrogens with zero attached hydrogens (tertiary/aromatic N) is 1. The van der Waals surface area contributed by atoms with Crippen LogP contribution in [0.4, 0.5) is 0 Å². The first kappa shape index (κ1) is 15.4. The predicted molar refractivity (Wildman–Crippen MR) is 73.3 cm³/mol. The third-order valence-corrected chi connectivity index (χ3v) is 3.54. The van der Waals surface area contributed by atoms with Gasteiger partial charge >= 0.3 is 5.97 Å². The van der Waals surface area contributed by atoms with E-state index in [0.717, 1.165) is 32.5 Å². The summed E-state index contributed by atoms with van der Waals surface area (Å²) in [6, 6.07) is 0.266. The van der Waals surface area contributed by atoms with Gasteiger partial charge in [-0.05, 0) is 38.6 Å². The Morgan fingerprint density at radius 3 is 2.83 bits per heavy atom. The molecule has 0 aliphatic carbocycles. The number of rotatable bonds is 7. The standard InChI is InChI=1S/C14H28N2O2/c1-3-5-8-16-10-12(9-13(15)11-16)6-7-14(17)18-4-2/h12-13H,3-11,15H2,1-2H3. The van der Waals surface area contributed by atoms with E-state index >= 15 is 0 Å². The maximum atomic E-state index is 11.4. The minimum Gasteiger partial charge on any atom is -0.466 e. The Kier molecular flexibility index (Phi) is 7.28. The Balaban J connectivity index is 2.29. The number of hydrogen-bond donors (Lipinski definition) is 1. The number of nitrogens with two attached hydrogens (primary N) is 1. The van der Waals surface area contributed by atoms with Crippen molar-refractivity contribution >= 4 is 5.97 Å². The van der Waals surface area contributed by atoms with Gasteiger partial charge in [-0.25, -0.2) is 0 Å². The molecule has 0 aromatic carbocycles. The van der Waals surface area contributed by atoms with Crippen LogP contribution < -0.4 is 5.73 Å². The highest BCUT2D eigenvalue weighted by Crippen LogP contribution is 2.21. The third kappa shape index (κ3) is 5.83. The van der Waals surface area contributed by atoms with Gasteiger partial charge in [0.2, 0.25) is 0 Å². The van der Waals surface area contributed by atoms with Crippen molar-refractivity contribution in [2.24, 2.45) is 11.7 Å². The highest BCUT2D eigenvalue weighted by molar-refractivity contribution is 5.69. The van der Waals surface area contributed by atoms with Crippen LogP contribution in [0.15, 0.2) is 0 Å². The number of unbranched alkanes of at least 4 members (excludes halogenated alkanes) is 1. The molecule has 18 heavy (non-hydrogen) atoms. The van der Waals surface area contributed by atoms with E-state index in [-0.39, 0.29) is 12.0 Å². The molecule has 2 N–H and O–H groups in total. The normalized spacial score (nSPS) is 25.1. The van der Waals surface area contributed by atoms with Crippen LogP contribution in [0.1, 0.15) is 46.0 Å². The fourth-order valence-corrected chi connectivity index (χ4v) is 2.68. The molecule has 106 valence electrons. The predicted octanol–water partition coefficient (Wildman–Crippen LogP) is 1.78. The van der Waals surface area contributed by atoms with Crippen LogP contribution in [-0.4, -0.2) is 43.2 Å². The summed E-state index contributed by atoms with van der Waals surface area (Å²) in [5.74, 6) is 0.478. The second kappa shape index (κ2) is 8.48. The Labute approximate surface area is 111 Å². The van der Waals surface area contributed by atoms with Crippen molar-refractivity contribution in [3.8, 4) is 0 Å². The molecule has 0 spiro atoms. The van der Waals surface area contributed by atoms with Crippen LogP contribution in [0, 0.1) is 5.92 Å². The van der Waals surface area contributed by atoms with Gasteiger partial charge in [-0.3, -0.25) is 4.79 Å². The molecule has 4 nitrogen and oxygen atoms in total. The summed E-state index contributed by atoms with van der Waals surface area (Å²) in [6.45, 7) is 7.78. The van der Waals surface area contributed by atoms with Crippen molar-refractivity contribution < 1.29 is 9.53 Å². The Hall–Kier alpha value is -0.610. The monoisotopic (exact) mass is 256 g/mol. The average molecular weight is 256 g/mol. The van der Waals surface area contributed by atoms with Gasteiger partial charge in [0, 0.05) is 25.6 Å². The van der Waals surface area contributed by atoms with Crippen LogP contribution in [0.2, 0.25) is 0 Å². The van der Waals surface area contributed by atoms with Crippen LogP contribution >= 0.6 is 0 Å². The van der Waals surface area contributed by atoms with Crippen LogP contribution in [0.5, 0.6) is 0 Å². The lowest BCUT2D eigenvalue weighted by molar-refractivity contribution is -0.143. The van der Waals surface area contributed by atoms with E-state index in [1.165, 1.54) is 12.8 Å². The molecule has 2 atom stereocenters. The van der Waals surface area contributed by atoms with Crippen molar-refractivity contribution in [3.05, 3.63) is 0 Å². The lowest BCUT2D eigenvalue weighted by Crippen LogP contribution is -2.47. The summed E-state index contributed by atoms with van der Waals surface area (Å²) in [5.41, 5.74) is 6.09. The zero-order valence-corrected chi connectivity index (χ0v) is 11.9. The quantitative estimate of drug-likeness (QED) is 0.705. The molecule has 1 aliphatic rings. The van der Waals surface area contributed by atoms with Gasteiger partial charge < -0.3 is 15.4 Å². The van der Waals surface area contributed by atoms with Crippen molar-refractivity contribution in [3.63, 3.8) is 0 Å². The fourth-order valence-electron chi connectivity index (χ4n) is 2.68. The van der Waals surface area contributed by atoms with E-state index in [9.17, 15) is 4.79 Å². The van der Waals surface area contributed by atoms with Crippen LogP contribution in [-0.2, 0) is 9.53 Å². The molecule has 0 amide bonds. The van der Waals surface area contributed by atoms with E-state index in [2.05, 4.69) is 11.8 Å². The number of esters is 1. The lowest BCUT2D eigenvalue weighted by Gasteiger charge is -2.36. The number of hydrogen-bond acceptors (Lipinski definition) is 4. The molecule has 0 bridgehead atoms. The van der Waals surface area contributed by atoms with Gasteiger partial charge in [-0.1, -0.05) is 13.3 Å². The van der Waals surface area contributed by atoms with E-state index in [1.54, 1.807) is 0 Å². The number of ether oxygens (including phenoxy) is 1. The number of piperidine rings is 1. The molecule has 1 saturated heterocycles.